The highest BCUT2D eigenvalue weighted by Gasteiger charge is 2.29. The van der Waals surface area contributed by atoms with Gasteiger partial charge >= 0.3 is 12.1 Å². The number of amides is 1. The maximum Gasteiger partial charge on any atom is 0.411 e. The van der Waals surface area contributed by atoms with Gasteiger partial charge in [-0.05, 0) is 28.3 Å². The maximum absolute atomic E-state index is 14.0. The number of nitrogens with one attached hydrogen (secondary N) is 1. The van der Waals surface area contributed by atoms with Gasteiger partial charge in [0.05, 0.1) is 18.4 Å². The highest BCUT2D eigenvalue weighted by Crippen LogP contribution is 2.44. The molecule has 0 atom stereocenters. The number of carbonyl (C=O) groups is 2. The minimum Gasteiger partial charge on any atom is -0.495 e. The third-order valence-electron chi connectivity index (χ3n) is 5.10. The van der Waals surface area contributed by atoms with Crippen molar-refractivity contribution >= 4 is 17.7 Å². The van der Waals surface area contributed by atoms with E-state index in [-0.39, 0.29) is 24.0 Å². The van der Waals surface area contributed by atoms with Gasteiger partial charge in [-0.1, -0.05) is 48.5 Å². The summed E-state index contributed by atoms with van der Waals surface area (Å²) in [5.41, 5.74) is 3.79. The molecule has 0 aromatic heterocycles. The quantitative estimate of drug-likeness (QED) is 0.629. The molecule has 152 valence electrons. The van der Waals surface area contributed by atoms with E-state index in [4.69, 9.17) is 14.6 Å². The Kier molecular flexibility index (Phi) is 5.10. The summed E-state index contributed by atoms with van der Waals surface area (Å²) in [7, 11) is 1.29. The minimum absolute atomic E-state index is 0.0160. The molecule has 30 heavy (non-hydrogen) atoms. The average molecular weight is 407 g/mol. The summed E-state index contributed by atoms with van der Waals surface area (Å²) < 4.78 is 24.5. The van der Waals surface area contributed by atoms with Crippen molar-refractivity contribution in [2.75, 3.05) is 19.0 Å². The highest BCUT2D eigenvalue weighted by atomic mass is 19.1. The standard InChI is InChI=1S/C23H18FNO5/c1-29-21-10-17(22(26)27)19(24)11-20(21)25-23(28)30-12-18-15-8-4-2-6-13(15)14-7-3-5-9-16(14)18/h2-11,18H,12H2,1H3,(H,25,28)(H,26,27). The largest absolute Gasteiger partial charge is 0.495 e. The van der Waals surface area contributed by atoms with Crippen LogP contribution in [0.2, 0.25) is 0 Å². The van der Waals surface area contributed by atoms with Crippen molar-refractivity contribution in [3.63, 3.8) is 0 Å². The van der Waals surface area contributed by atoms with Gasteiger partial charge in [0.2, 0.25) is 0 Å². The topological polar surface area (TPSA) is 84.9 Å². The molecule has 0 saturated heterocycles. The zero-order chi connectivity index (χ0) is 21.3. The first kappa shape index (κ1) is 19.4. The summed E-state index contributed by atoms with van der Waals surface area (Å²) in [5.74, 6) is -2.52. The normalized spacial score (nSPS) is 12.1. The molecule has 0 radical (unpaired) electrons. The fourth-order valence-electron chi connectivity index (χ4n) is 3.73. The van der Waals surface area contributed by atoms with Crippen LogP contribution in [-0.4, -0.2) is 30.9 Å². The molecule has 0 bridgehead atoms. The summed E-state index contributed by atoms with van der Waals surface area (Å²) in [6, 6.07) is 17.8. The van der Waals surface area contributed by atoms with Gasteiger partial charge in [0.1, 0.15) is 18.2 Å². The lowest BCUT2D eigenvalue weighted by atomic mass is 9.98. The maximum atomic E-state index is 14.0. The molecule has 0 unspecified atom stereocenters. The SMILES string of the molecule is COc1cc(C(=O)O)c(F)cc1NC(=O)OCC1c2ccccc2-c2ccccc21. The van der Waals surface area contributed by atoms with E-state index in [1.807, 2.05) is 48.5 Å². The summed E-state index contributed by atoms with van der Waals surface area (Å²) in [4.78, 5) is 23.4. The number of ether oxygens (including phenoxy) is 2. The first-order valence-electron chi connectivity index (χ1n) is 9.22. The minimum atomic E-state index is -1.43. The Hall–Kier alpha value is -3.87. The van der Waals surface area contributed by atoms with Crippen molar-refractivity contribution in [1.82, 2.24) is 0 Å². The van der Waals surface area contributed by atoms with E-state index in [2.05, 4.69) is 5.32 Å². The fraction of sp³-hybridized carbons (Fsp3) is 0.130. The Morgan fingerprint density at radius 3 is 2.20 bits per heavy atom. The van der Waals surface area contributed by atoms with E-state index < -0.39 is 23.4 Å². The van der Waals surface area contributed by atoms with Crippen molar-refractivity contribution in [2.24, 2.45) is 0 Å². The Balaban J connectivity index is 1.51. The van der Waals surface area contributed by atoms with Crippen LogP contribution in [-0.2, 0) is 4.74 Å². The van der Waals surface area contributed by atoms with Gasteiger partial charge in [0.25, 0.3) is 0 Å². The molecule has 3 aromatic carbocycles. The zero-order valence-electron chi connectivity index (χ0n) is 16.0. The summed E-state index contributed by atoms with van der Waals surface area (Å²) in [5, 5.41) is 11.4. The van der Waals surface area contributed by atoms with E-state index in [1.165, 1.54) is 7.11 Å². The molecule has 7 heteroatoms. The zero-order valence-corrected chi connectivity index (χ0v) is 16.0. The molecule has 0 heterocycles. The molecule has 0 fully saturated rings. The molecule has 4 rings (SSSR count). The van der Waals surface area contributed by atoms with Crippen molar-refractivity contribution in [3.05, 3.63) is 83.2 Å². The molecule has 0 aliphatic heterocycles. The molecule has 1 amide bonds. The Bertz CT molecular complexity index is 1100. The molecular weight excluding hydrogens is 389 g/mol. The van der Waals surface area contributed by atoms with E-state index in [9.17, 15) is 14.0 Å². The van der Waals surface area contributed by atoms with Crippen LogP contribution in [0.3, 0.4) is 0 Å². The molecule has 2 N–H and O–H groups in total. The van der Waals surface area contributed by atoms with Crippen LogP contribution in [0.15, 0.2) is 60.7 Å². The van der Waals surface area contributed by atoms with Crippen LogP contribution in [0.25, 0.3) is 11.1 Å². The molecule has 0 saturated carbocycles. The second kappa shape index (κ2) is 7.87. The van der Waals surface area contributed by atoms with Gasteiger partial charge in [-0.25, -0.2) is 14.0 Å². The van der Waals surface area contributed by atoms with Crippen LogP contribution in [0.5, 0.6) is 5.75 Å². The number of benzene rings is 3. The average Bonchev–Trinajstić information content (AvgIpc) is 3.06. The van der Waals surface area contributed by atoms with Gasteiger partial charge in [0, 0.05) is 12.0 Å². The van der Waals surface area contributed by atoms with Gasteiger partial charge in [0.15, 0.2) is 0 Å². The van der Waals surface area contributed by atoms with Crippen molar-refractivity contribution in [1.29, 1.82) is 0 Å². The summed E-state index contributed by atoms with van der Waals surface area (Å²) in [6.07, 6.45) is -0.794. The first-order chi connectivity index (χ1) is 14.5. The molecule has 1 aliphatic carbocycles. The number of methoxy groups -OCH3 is 1. The second-order valence-corrected chi connectivity index (χ2v) is 6.79. The lowest BCUT2D eigenvalue weighted by Gasteiger charge is -2.16. The fourth-order valence-corrected chi connectivity index (χ4v) is 3.73. The molecule has 0 spiro atoms. The lowest BCUT2D eigenvalue weighted by Crippen LogP contribution is -2.18. The summed E-state index contributed by atoms with van der Waals surface area (Å²) >= 11 is 0. The van der Waals surface area contributed by atoms with Gasteiger partial charge in [-0.3, -0.25) is 5.32 Å². The number of carboxylic acids is 1. The number of anilines is 1. The van der Waals surface area contributed by atoms with Crippen LogP contribution >= 0.6 is 0 Å². The van der Waals surface area contributed by atoms with Crippen LogP contribution in [0.4, 0.5) is 14.9 Å². The van der Waals surface area contributed by atoms with E-state index in [1.54, 1.807) is 0 Å². The van der Waals surface area contributed by atoms with E-state index in [0.717, 1.165) is 34.4 Å². The number of hydrogen-bond donors (Lipinski definition) is 2. The van der Waals surface area contributed by atoms with Gasteiger partial charge in [-0.2, -0.15) is 0 Å². The third kappa shape index (κ3) is 3.45. The van der Waals surface area contributed by atoms with Gasteiger partial charge in [-0.15, -0.1) is 0 Å². The monoisotopic (exact) mass is 407 g/mol. The number of rotatable bonds is 5. The van der Waals surface area contributed by atoms with E-state index >= 15 is 0 Å². The molecule has 6 nitrogen and oxygen atoms in total. The third-order valence-corrected chi connectivity index (χ3v) is 5.10. The van der Waals surface area contributed by atoms with Crippen molar-refractivity contribution < 1.29 is 28.6 Å². The second-order valence-electron chi connectivity index (χ2n) is 6.79. The Morgan fingerprint density at radius 2 is 1.63 bits per heavy atom. The molecule has 1 aliphatic rings. The predicted octanol–water partition coefficient (Wildman–Crippen LogP) is 4.89. The van der Waals surface area contributed by atoms with Crippen LogP contribution in [0.1, 0.15) is 27.4 Å². The number of fused-ring (bicyclic) bond motifs is 3. The number of carbonyl (C=O) groups excluding carboxylic acids is 1. The van der Waals surface area contributed by atoms with Crippen LogP contribution in [0, 0.1) is 5.82 Å². The molecule has 3 aromatic rings. The van der Waals surface area contributed by atoms with Crippen LogP contribution < -0.4 is 10.1 Å². The van der Waals surface area contributed by atoms with Gasteiger partial charge < -0.3 is 14.6 Å². The molecular formula is C23H18FNO5. The number of hydrogen-bond acceptors (Lipinski definition) is 4. The number of aromatic carboxylic acids is 1. The Morgan fingerprint density at radius 1 is 1.03 bits per heavy atom. The van der Waals surface area contributed by atoms with E-state index in [0.29, 0.717) is 0 Å². The number of carboxylic acid groups (broad SMARTS) is 1. The lowest BCUT2D eigenvalue weighted by molar-refractivity contribution is 0.0691. The van der Waals surface area contributed by atoms with Crippen molar-refractivity contribution in [3.8, 4) is 16.9 Å². The summed E-state index contributed by atoms with van der Waals surface area (Å²) in [6.45, 7) is 0.0951. The number of halogens is 1. The Labute approximate surface area is 171 Å². The smallest absolute Gasteiger partial charge is 0.411 e. The predicted molar refractivity (Wildman–Crippen MR) is 109 cm³/mol. The first-order valence-corrected chi connectivity index (χ1v) is 9.22. The van der Waals surface area contributed by atoms with Crippen molar-refractivity contribution in [2.45, 2.75) is 5.92 Å². The highest BCUT2D eigenvalue weighted by molar-refractivity contribution is 5.92.